The minimum Gasteiger partial charge on any atom is -0.341 e. The largest absolute Gasteiger partial charge is 0.341 e. The number of hydrogen-bond acceptors (Lipinski definition) is 6. The molecule has 0 aliphatic carbocycles. The fourth-order valence-corrected chi connectivity index (χ4v) is 2.03. The molecule has 0 aliphatic rings. The summed E-state index contributed by atoms with van der Waals surface area (Å²) >= 11 is 0. The smallest absolute Gasteiger partial charge is 0.329 e. The number of benzene rings is 1. The number of carbonyl (C=O) groups excluding carboxylic acids is 1. The number of anilines is 1. The average molecular weight is 271 g/mol. The lowest BCUT2D eigenvalue weighted by molar-refractivity contribution is -0.138. The maximum atomic E-state index is 10.9. The van der Waals surface area contributed by atoms with Gasteiger partial charge in [-0.3, -0.25) is 9.78 Å². The molecule has 0 fully saturated rings. The maximum absolute atomic E-state index is 10.9. The molecule has 3 rings (SSSR count). The van der Waals surface area contributed by atoms with Crippen LogP contribution >= 0.6 is 0 Å². The van der Waals surface area contributed by atoms with Gasteiger partial charge in [0.1, 0.15) is 11.0 Å². The van der Waals surface area contributed by atoms with E-state index in [1.807, 2.05) is 26.1 Å². The summed E-state index contributed by atoms with van der Waals surface area (Å²) in [6.45, 7) is 3.20. The molecule has 1 aromatic carbocycles. The molecule has 0 spiro atoms. The van der Waals surface area contributed by atoms with Gasteiger partial charge in [-0.1, -0.05) is 0 Å². The van der Waals surface area contributed by atoms with Gasteiger partial charge in [0.2, 0.25) is 5.95 Å². The lowest BCUT2D eigenvalue weighted by Gasteiger charge is -2.03. The average Bonchev–Trinajstić information content (AvgIpc) is 2.74. The quantitative estimate of drug-likeness (QED) is 0.714. The van der Waals surface area contributed by atoms with Crippen LogP contribution in [0.2, 0.25) is 0 Å². The molecular weight excluding hydrogens is 258 g/mol. The van der Waals surface area contributed by atoms with E-state index in [-0.39, 0.29) is 0 Å². The van der Waals surface area contributed by atoms with Crippen LogP contribution < -0.4 is 5.48 Å². The van der Waals surface area contributed by atoms with Gasteiger partial charge >= 0.3 is 5.97 Å². The van der Waals surface area contributed by atoms with Gasteiger partial charge in [0.05, 0.1) is 16.7 Å². The van der Waals surface area contributed by atoms with Crippen LogP contribution in [0.1, 0.15) is 12.6 Å². The number of nitrogens with one attached hydrogen (secondary N) is 1. The Morgan fingerprint density at radius 3 is 2.85 bits per heavy atom. The second-order valence-electron chi connectivity index (χ2n) is 4.50. The normalized spacial score (nSPS) is 10.9. The first kappa shape index (κ1) is 12.3. The second kappa shape index (κ2) is 4.44. The van der Waals surface area contributed by atoms with Gasteiger partial charge in [0.25, 0.3) is 0 Å². The zero-order valence-corrected chi connectivity index (χ0v) is 11.3. The lowest BCUT2D eigenvalue weighted by atomic mass is 10.2. The van der Waals surface area contributed by atoms with Crippen LogP contribution in [0, 0.1) is 6.92 Å². The van der Waals surface area contributed by atoms with E-state index in [0.717, 1.165) is 27.8 Å². The highest BCUT2D eigenvalue weighted by Gasteiger charge is 2.13. The van der Waals surface area contributed by atoms with Crippen LogP contribution in [0.15, 0.2) is 18.3 Å². The molecule has 0 radical (unpaired) electrons. The Kier molecular flexibility index (Phi) is 2.74. The third-order valence-electron chi connectivity index (χ3n) is 2.97. The Morgan fingerprint density at radius 2 is 2.10 bits per heavy atom. The first-order valence-corrected chi connectivity index (χ1v) is 6.08. The molecular formula is C13H13N5O2. The third-order valence-corrected chi connectivity index (χ3v) is 2.97. The number of rotatable bonds is 2. The fraction of sp³-hybridized carbons (Fsp3) is 0.231. The van der Waals surface area contributed by atoms with Crippen molar-refractivity contribution in [3.8, 4) is 0 Å². The first-order valence-electron chi connectivity index (χ1n) is 6.08. The fourth-order valence-electron chi connectivity index (χ4n) is 2.03. The molecule has 1 N–H and O–H groups in total. The third kappa shape index (κ3) is 1.93. The van der Waals surface area contributed by atoms with E-state index < -0.39 is 5.97 Å². The van der Waals surface area contributed by atoms with E-state index >= 15 is 0 Å². The van der Waals surface area contributed by atoms with Crippen molar-refractivity contribution in [1.82, 2.24) is 19.5 Å². The van der Waals surface area contributed by atoms with Gasteiger partial charge in [-0.2, -0.15) is 5.48 Å². The monoisotopic (exact) mass is 271 g/mol. The van der Waals surface area contributed by atoms with Crippen molar-refractivity contribution in [3.05, 3.63) is 24.0 Å². The molecule has 2 aromatic heterocycles. The van der Waals surface area contributed by atoms with Gasteiger partial charge in [-0.15, -0.1) is 0 Å². The van der Waals surface area contributed by atoms with Crippen molar-refractivity contribution in [2.75, 3.05) is 5.48 Å². The molecule has 0 unspecified atom stereocenters. The summed E-state index contributed by atoms with van der Waals surface area (Å²) in [6, 6.07) is 3.80. The molecule has 0 amide bonds. The molecule has 7 heteroatoms. The Balaban J connectivity index is 2.21. The van der Waals surface area contributed by atoms with Gasteiger partial charge in [-0.05, 0) is 19.1 Å². The highest BCUT2D eigenvalue weighted by Crippen LogP contribution is 2.24. The van der Waals surface area contributed by atoms with Crippen LogP contribution in [-0.2, 0) is 16.7 Å². The highest BCUT2D eigenvalue weighted by atomic mass is 16.7. The first-order chi connectivity index (χ1) is 9.56. The summed E-state index contributed by atoms with van der Waals surface area (Å²) in [5.74, 6) is 0.00329. The van der Waals surface area contributed by atoms with E-state index in [1.165, 1.54) is 6.92 Å². The second-order valence-corrected chi connectivity index (χ2v) is 4.50. The van der Waals surface area contributed by atoms with E-state index in [9.17, 15) is 4.79 Å². The number of nitrogens with zero attached hydrogens (tertiary/aromatic N) is 4. The highest BCUT2D eigenvalue weighted by molar-refractivity contribution is 6.01. The van der Waals surface area contributed by atoms with E-state index in [2.05, 4.69) is 20.4 Å². The number of hydrogen-bond donors (Lipinski definition) is 1. The lowest BCUT2D eigenvalue weighted by Crippen LogP contribution is -2.09. The van der Waals surface area contributed by atoms with Crippen LogP contribution in [-0.4, -0.2) is 25.5 Å². The number of aromatic nitrogens is 4. The maximum Gasteiger partial charge on any atom is 0.329 e. The van der Waals surface area contributed by atoms with Crippen molar-refractivity contribution in [2.45, 2.75) is 13.8 Å². The SMILES string of the molecule is CC(=O)ONc1nc2c3nc(C)cnc3ccc2n1C. The molecule has 0 saturated heterocycles. The van der Waals surface area contributed by atoms with Crippen molar-refractivity contribution in [1.29, 1.82) is 0 Å². The van der Waals surface area contributed by atoms with E-state index in [4.69, 9.17) is 4.84 Å². The molecule has 0 saturated carbocycles. The van der Waals surface area contributed by atoms with Crippen molar-refractivity contribution >= 4 is 34.0 Å². The van der Waals surface area contributed by atoms with E-state index in [0.29, 0.717) is 5.95 Å². The molecule has 2 heterocycles. The Bertz CT molecular complexity index is 824. The Morgan fingerprint density at radius 1 is 1.30 bits per heavy atom. The standard InChI is InChI=1S/C13H13N5O2/c1-7-6-14-9-4-5-10-12(11(9)15-7)16-13(18(10)3)17-20-8(2)19/h4-6H,1-3H3,(H,16,17). The van der Waals surface area contributed by atoms with Gasteiger partial charge in [0.15, 0.2) is 0 Å². The predicted molar refractivity (Wildman–Crippen MR) is 73.9 cm³/mol. The topological polar surface area (TPSA) is 81.9 Å². The number of carbonyl (C=O) groups is 1. The van der Waals surface area contributed by atoms with Crippen LogP contribution in [0.5, 0.6) is 0 Å². The summed E-state index contributed by atoms with van der Waals surface area (Å²) in [5.41, 5.74) is 6.47. The molecule has 102 valence electrons. The molecule has 0 atom stereocenters. The Labute approximate surface area is 114 Å². The van der Waals surface area contributed by atoms with E-state index in [1.54, 1.807) is 10.8 Å². The summed E-state index contributed by atoms with van der Waals surface area (Å²) < 4.78 is 1.79. The molecule has 0 bridgehead atoms. The zero-order valence-electron chi connectivity index (χ0n) is 11.3. The number of aryl methyl sites for hydroxylation is 2. The van der Waals surface area contributed by atoms with Crippen LogP contribution in [0.25, 0.3) is 22.1 Å². The molecule has 3 aromatic rings. The van der Waals surface area contributed by atoms with Crippen molar-refractivity contribution in [2.24, 2.45) is 7.05 Å². The Hall–Kier alpha value is -2.70. The summed E-state index contributed by atoms with van der Waals surface area (Å²) in [7, 11) is 1.83. The predicted octanol–water partition coefficient (Wildman–Crippen LogP) is 1.71. The minimum absolute atomic E-state index is 0.433. The molecule has 20 heavy (non-hydrogen) atoms. The minimum atomic E-state index is -0.433. The number of fused-ring (bicyclic) bond motifs is 3. The number of imidazole rings is 1. The van der Waals surface area contributed by atoms with Crippen molar-refractivity contribution < 1.29 is 9.63 Å². The van der Waals surface area contributed by atoms with Crippen molar-refractivity contribution in [3.63, 3.8) is 0 Å². The van der Waals surface area contributed by atoms with Crippen LogP contribution in [0.4, 0.5) is 5.95 Å². The molecule has 0 aliphatic heterocycles. The summed E-state index contributed by atoms with van der Waals surface area (Å²) in [5, 5.41) is 0. The van der Waals surface area contributed by atoms with Gasteiger partial charge < -0.3 is 9.40 Å². The van der Waals surface area contributed by atoms with Crippen LogP contribution in [0.3, 0.4) is 0 Å². The molecule has 7 nitrogen and oxygen atoms in total. The summed E-state index contributed by atoms with van der Waals surface area (Å²) in [4.78, 5) is 28.9. The van der Waals surface area contributed by atoms with Gasteiger partial charge in [0, 0.05) is 20.2 Å². The summed E-state index contributed by atoms with van der Waals surface area (Å²) in [6.07, 6.45) is 1.72. The van der Waals surface area contributed by atoms with Gasteiger partial charge in [-0.25, -0.2) is 9.97 Å². The zero-order chi connectivity index (χ0) is 14.3.